The molecule has 94 valence electrons. The van der Waals surface area contributed by atoms with Crippen molar-refractivity contribution in [2.45, 2.75) is 19.9 Å². The summed E-state index contributed by atoms with van der Waals surface area (Å²) in [6.45, 7) is 11.1. The molecule has 2 saturated heterocycles. The molecule has 0 aromatic heterocycles. The van der Waals surface area contributed by atoms with E-state index in [1.807, 2.05) is 0 Å². The highest BCUT2D eigenvalue weighted by molar-refractivity contribution is 4.89. The summed E-state index contributed by atoms with van der Waals surface area (Å²) in [7, 11) is 4.42. The second-order valence-corrected chi connectivity index (χ2v) is 6.12. The van der Waals surface area contributed by atoms with Crippen molar-refractivity contribution in [1.82, 2.24) is 15.1 Å². The van der Waals surface area contributed by atoms with E-state index in [2.05, 4.69) is 43.1 Å². The smallest absolute Gasteiger partial charge is 0.0254 e. The zero-order chi connectivity index (χ0) is 11.7. The fourth-order valence-electron chi connectivity index (χ4n) is 3.14. The van der Waals surface area contributed by atoms with E-state index in [1.165, 1.54) is 32.7 Å². The van der Waals surface area contributed by atoms with Crippen LogP contribution in [0.3, 0.4) is 0 Å². The molecule has 0 aromatic rings. The van der Waals surface area contributed by atoms with Crippen LogP contribution >= 0.6 is 0 Å². The maximum Gasteiger partial charge on any atom is 0.0254 e. The second kappa shape index (κ2) is 5.03. The average Bonchev–Trinajstić information content (AvgIpc) is 2.43. The zero-order valence-corrected chi connectivity index (χ0v) is 11.2. The van der Waals surface area contributed by atoms with Crippen molar-refractivity contribution in [3.63, 3.8) is 0 Å². The lowest BCUT2D eigenvalue weighted by molar-refractivity contribution is 0.177. The highest BCUT2D eigenvalue weighted by Gasteiger charge is 2.33. The lowest BCUT2D eigenvalue weighted by Crippen LogP contribution is -2.48. The van der Waals surface area contributed by atoms with Gasteiger partial charge in [-0.15, -0.1) is 0 Å². The van der Waals surface area contributed by atoms with Crippen molar-refractivity contribution >= 4 is 0 Å². The van der Waals surface area contributed by atoms with Gasteiger partial charge in [0.25, 0.3) is 0 Å². The van der Waals surface area contributed by atoms with Crippen LogP contribution in [0.1, 0.15) is 13.8 Å². The van der Waals surface area contributed by atoms with Crippen LogP contribution in [-0.2, 0) is 0 Å². The molecule has 3 heteroatoms. The molecule has 0 bridgehead atoms. The Bertz CT molecular complexity index is 225. The summed E-state index contributed by atoms with van der Waals surface area (Å²) in [4.78, 5) is 5.05. The molecule has 2 aliphatic rings. The van der Waals surface area contributed by atoms with Gasteiger partial charge in [0.15, 0.2) is 0 Å². The Kier molecular flexibility index (Phi) is 3.88. The van der Waals surface area contributed by atoms with Crippen LogP contribution in [-0.4, -0.2) is 62.7 Å². The molecule has 2 rings (SSSR count). The standard InChI is InChI=1S/C13H27N3/c1-10(12-5-14-6-12)7-16-8-11(2)13(9-16)15(3)4/h10-14H,5-9H2,1-4H3. The molecule has 2 heterocycles. The number of nitrogens with one attached hydrogen (secondary N) is 1. The highest BCUT2D eigenvalue weighted by Crippen LogP contribution is 2.23. The summed E-state index contributed by atoms with van der Waals surface area (Å²) in [5, 5.41) is 3.38. The Balaban J connectivity index is 1.78. The molecule has 1 N–H and O–H groups in total. The number of hydrogen-bond donors (Lipinski definition) is 1. The number of likely N-dealkylation sites (tertiary alicyclic amines) is 1. The Hall–Kier alpha value is -0.120. The molecule has 3 nitrogen and oxygen atoms in total. The topological polar surface area (TPSA) is 18.5 Å². The van der Waals surface area contributed by atoms with E-state index in [9.17, 15) is 0 Å². The van der Waals surface area contributed by atoms with E-state index in [-0.39, 0.29) is 0 Å². The number of rotatable bonds is 4. The number of hydrogen-bond acceptors (Lipinski definition) is 3. The lowest BCUT2D eigenvalue weighted by Gasteiger charge is -2.35. The predicted molar refractivity (Wildman–Crippen MR) is 68.6 cm³/mol. The Labute approximate surface area is 100 Å². The van der Waals surface area contributed by atoms with Gasteiger partial charge in [0.1, 0.15) is 0 Å². The third-order valence-corrected chi connectivity index (χ3v) is 4.48. The first-order valence-corrected chi connectivity index (χ1v) is 6.67. The highest BCUT2D eigenvalue weighted by atomic mass is 15.2. The van der Waals surface area contributed by atoms with Gasteiger partial charge in [0.2, 0.25) is 0 Å². The molecule has 0 saturated carbocycles. The van der Waals surface area contributed by atoms with Gasteiger partial charge < -0.3 is 15.1 Å². The van der Waals surface area contributed by atoms with E-state index < -0.39 is 0 Å². The molecular weight excluding hydrogens is 198 g/mol. The average molecular weight is 225 g/mol. The van der Waals surface area contributed by atoms with Gasteiger partial charge in [-0.25, -0.2) is 0 Å². The van der Waals surface area contributed by atoms with Gasteiger partial charge in [0.05, 0.1) is 0 Å². The van der Waals surface area contributed by atoms with Gasteiger partial charge in [-0.2, -0.15) is 0 Å². The summed E-state index contributed by atoms with van der Waals surface area (Å²) in [5.74, 6) is 2.60. The van der Waals surface area contributed by atoms with Crippen molar-refractivity contribution in [3.8, 4) is 0 Å². The van der Waals surface area contributed by atoms with E-state index >= 15 is 0 Å². The zero-order valence-electron chi connectivity index (χ0n) is 11.2. The molecule has 0 radical (unpaired) electrons. The molecule has 0 amide bonds. The largest absolute Gasteiger partial charge is 0.316 e. The SMILES string of the molecule is CC(CN1CC(C)C(N(C)C)C1)C1CNC1. The molecule has 2 fully saturated rings. The van der Waals surface area contributed by atoms with Crippen molar-refractivity contribution < 1.29 is 0 Å². The first-order chi connectivity index (χ1) is 7.58. The van der Waals surface area contributed by atoms with E-state index in [0.717, 1.165) is 23.8 Å². The van der Waals surface area contributed by atoms with Gasteiger partial charge in [-0.1, -0.05) is 13.8 Å². The predicted octanol–water partition coefficient (Wildman–Crippen LogP) is 0.724. The van der Waals surface area contributed by atoms with Crippen LogP contribution in [0.15, 0.2) is 0 Å². The second-order valence-electron chi connectivity index (χ2n) is 6.12. The Morgan fingerprint density at radius 2 is 2.00 bits per heavy atom. The monoisotopic (exact) mass is 225 g/mol. The molecule has 0 spiro atoms. The van der Waals surface area contributed by atoms with Crippen LogP contribution in [0.5, 0.6) is 0 Å². The van der Waals surface area contributed by atoms with Gasteiger partial charge in [-0.3, -0.25) is 0 Å². The van der Waals surface area contributed by atoms with Gasteiger partial charge in [-0.05, 0) is 44.9 Å². The first kappa shape index (κ1) is 12.3. The Morgan fingerprint density at radius 1 is 1.31 bits per heavy atom. The van der Waals surface area contributed by atoms with Crippen molar-refractivity contribution in [3.05, 3.63) is 0 Å². The third kappa shape index (κ3) is 2.58. The van der Waals surface area contributed by atoms with Crippen LogP contribution < -0.4 is 5.32 Å². The number of likely N-dealkylation sites (N-methyl/N-ethyl adjacent to an activating group) is 1. The van der Waals surface area contributed by atoms with Crippen LogP contribution in [0.2, 0.25) is 0 Å². The minimum absolute atomic E-state index is 0.756. The first-order valence-electron chi connectivity index (χ1n) is 6.67. The molecule has 3 atom stereocenters. The molecule has 3 unspecified atom stereocenters. The summed E-state index contributed by atoms with van der Waals surface area (Å²) < 4.78 is 0. The molecular formula is C13H27N3. The Morgan fingerprint density at radius 3 is 2.44 bits per heavy atom. The summed E-state index contributed by atoms with van der Waals surface area (Å²) >= 11 is 0. The fourth-order valence-corrected chi connectivity index (χ4v) is 3.14. The minimum atomic E-state index is 0.756. The summed E-state index contributed by atoms with van der Waals surface area (Å²) in [6.07, 6.45) is 0. The van der Waals surface area contributed by atoms with Crippen molar-refractivity contribution in [1.29, 1.82) is 0 Å². The van der Waals surface area contributed by atoms with E-state index in [4.69, 9.17) is 0 Å². The molecule has 0 aliphatic carbocycles. The maximum absolute atomic E-state index is 3.38. The number of nitrogens with zero attached hydrogens (tertiary/aromatic N) is 2. The van der Waals surface area contributed by atoms with Crippen LogP contribution in [0.25, 0.3) is 0 Å². The van der Waals surface area contributed by atoms with Crippen LogP contribution in [0.4, 0.5) is 0 Å². The summed E-state index contributed by atoms with van der Waals surface area (Å²) in [5.41, 5.74) is 0. The maximum atomic E-state index is 3.38. The summed E-state index contributed by atoms with van der Waals surface area (Å²) in [6, 6.07) is 0.756. The van der Waals surface area contributed by atoms with Crippen molar-refractivity contribution in [2.24, 2.45) is 17.8 Å². The van der Waals surface area contributed by atoms with Gasteiger partial charge >= 0.3 is 0 Å². The lowest BCUT2D eigenvalue weighted by atomic mass is 9.88. The van der Waals surface area contributed by atoms with Gasteiger partial charge in [0, 0.05) is 25.7 Å². The van der Waals surface area contributed by atoms with Crippen LogP contribution in [0, 0.1) is 17.8 Å². The normalized spacial score (nSPS) is 34.3. The van der Waals surface area contributed by atoms with E-state index in [0.29, 0.717) is 0 Å². The molecule has 16 heavy (non-hydrogen) atoms. The fraction of sp³-hybridized carbons (Fsp3) is 1.00. The third-order valence-electron chi connectivity index (χ3n) is 4.48. The minimum Gasteiger partial charge on any atom is -0.316 e. The van der Waals surface area contributed by atoms with E-state index in [1.54, 1.807) is 0 Å². The van der Waals surface area contributed by atoms with Crippen molar-refractivity contribution in [2.75, 3.05) is 46.8 Å². The molecule has 0 aromatic carbocycles. The quantitative estimate of drug-likeness (QED) is 0.761. The molecule has 2 aliphatic heterocycles.